The standard InChI is InChI=1S/C25H38O5/c1-2-3-15-18-23(28)19-16-13-11-9-7-5-4-6-8-10-12-14-17-20-25(29)30-24(21-26)22-27/h3,5-8,11-16,19,23-24,26-28H,2,4,9-10,17-18,20-22H2,1H3/b7-5-,8-6-,13-11+,14-12-,15-3-,19-16+. The number of rotatable bonds is 17. The summed E-state index contributed by atoms with van der Waals surface area (Å²) in [6, 6.07) is 0. The highest BCUT2D eigenvalue weighted by atomic mass is 16.6. The van der Waals surface area contributed by atoms with Crippen molar-refractivity contribution < 1.29 is 24.9 Å². The van der Waals surface area contributed by atoms with Gasteiger partial charge in [-0.2, -0.15) is 0 Å². The van der Waals surface area contributed by atoms with E-state index >= 15 is 0 Å². The van der Waals surface area contributed by atoms with Gasteiger partial charge in [0.15, 0.2) is 0 Å². The van der Waals surface area contributed by atoms with Crippen molar-refractivity contribution >= 4 is 5.97 Å². The molecular weight excluding hydrogens is 380 g/mol. The molecule has 1 atom stereocenters. The first kappa shape index (κ1) is 27.8. The van der Waals surface area contributed by atoms with Crippen LogP contribution in [0.25, 0.3) is 0 Å². The molecule has 0 aliphatic rings. The van der Waals surface area contributed by atoms with E-state index in [2.05, 4.69) is 37.3 Å². The predicted molar refractivity (Wildman–Crippen MR) is 123 cm³/mol. The van der Waals surface area contributed by atoms with Gasteiger partial charge in [0.2, 0.25) is 0 Å². The number of allylic oxidation sites excluding steroid dienone is 10. The molecule has 0 aromatic carbocycles. The highest BCUT2D eigenvalue weighted by molar-refractivity contribution is 5.69. The van der Waals surface area contributed by atoms with E-state index in [0.29, 0.717) is 12.8 Å². The summed E-state index contributed by atoms with van der Waals surface area (Å²) in [7, 11) is 0. The lowest BCUT2D eigenvalue weighted by Gasteiger charge is -2.11. The Bertz CT molecular complexity index is 580. The average molecular weight is 419 g/mol. The summed E-state index contributed by atoms with van der Waals surface area (Å²) in [4.78, 5) is 11.4. The van der Waals surface area contributed by atoms with E-state index in [9.17, 15) is 9.90 Å². The molecule has 0 aromatic heterocycles. The SMILES string of the molecule is CC/C=C\CC(O)/C=C/C=C/C/C=C\C/C=C\C/C=C\CCC(=O)OC(CO)CO. The number of hydrogen-bond acceptors (Lipinski definition) is 5. The van der Waals surface area contributed by atoms with E-state index in [4.69, 9.17) is 14.9 Å². The first-order valence-corrected chi connectivity index (χ1v) is 10.7. The van der Waals surface area contributed by atoms with Crippen molar-refractivity contribution in [3.63, 3.8) is 0 Å². The first-order valence-electron chi connectivity index (χ1n) is 10.7. The van der Waals surface area contributed by atoms with Gasteiger partial charge in [0.05, 0.1) is 19.3 Å². The van der Waals surface area contributed by atoms with Crippen LogP contribution in [0, 0.1) is 0 Å². The lowest BCUT2D eigenvalue weighted by molar-refractivity contribution is -0.153. The lowest BCUT2D eigenvalue weighted by atomic mass is 10.2. The van der Waals surface area contributed by atoms with Gasteiger partial charge in [-0.3, -0.25) is 4.79 Å². The van der Waals surface area contributed by atoms with Gasteiger partial charge in [0.25, 0.3) is 0 Å². The molecule has 0 aliphatic heterocycles. The summed E-state index contributed by atoms with van der Waals surface area (Å²) in [5.74, 6) is -0.418. The Morgan fingerprint density at radius 2 is 1.43 bits per heavy atom. The zero-order valence-corrected chi connectivity index (χ0v) is 18.1. The molecule has 5 nitrogen and oxygen atoms in total. The second kappa shape index (κ2) is 21.5. The van der Waals surface area contributed by atoms with Crippen LogP contribution in [0.4, 0.5) is 0 Å². The Labute approximate surface area is 181 Å². The van der Waals surface area contributed by atoms with Crippen LogP contribution in [-0.2, 0) is 9.53 Å². The molecule has 30 heavy (non-hydrogen) atoms. The molecule has 0 aliphatic carbocycles. The minimum absolute atomic E-state index is 0.233. The van der Waals surface area contributed by atoms with Crippen molar-refractivity contribution in [2.24, 2.45) is 0 Å². The van der Waals surface area contributed by atoms with E-state index in [1.807, 2.05) is 36.5 Å². The molecule has 0 aromatic rings. The molecule has 168 valence electrons. The molecule has 0 bridgehead atoms. The van der Waals surface area contributed by atoms with Gasteiger partial charge in [-0.25, -0.2) is 0 Å². The minimum Gasteiger partial charge on any atom is -0.457 e. The lowest BCUT2D eigenvalue weighted by Crippen LogP contribution is -2.25. The van der Waals surface area contributed by atoms with Crippen molar-refractivity contribution in [3.8, 4) is 0 Å². The fourth-order valence-electron chi connectivity index (χ4n) is 2.24. The molecule has 0 saturated carbocycles. The second-order valence-corrected chi connectivity index (χ2v) is 6.63. The molecule has 0 saturated heterocycles. The summed E-state index contributed by atoms with van der Waals surface area (Å²) in [5.41, 5.74) is 0. The molecule has 5 heteroatoms. The molecule has 0 rings (SSSR count). The topological polar surface area (TPSA) is 87.0 Å². The zero-order valence-electron chi connectivity index (χ0n) is 18.1. The van der Waals surface area contributed by atoms with E-state index < -0.39 is 18.2 Å². The van der Waals surface area contributed by atoms with Gasteiger partial charge >= 0.3 is 5.97 Å². The van der Waals surface area contributed by atoms with Crippen molar-refractivity contribution in [1.29, 1.82) is 0 Å². The summed E-state index contributed by atoms with van der Waals surface area (Å²) in [6.45, 7) is 1.33. The molecule has 0 radical (unpaired) electrons. The largest absolute Gasteiger partial charge is 0.457 e. The minimum atomic E-state index is -0.824. The van der Waals surface area contributed by atoms with E-state index in [0.717, 1.165) is 25.7 Å². The third-order valence-electron chi connectivity index (χ3n) is 3.90. The van der Waals surface area contributed by atoms with Crippen molar-refractivity contribution in [1.82, 2.24) is 0 Å². The molecule has 0 amide bonds. The molecular formula is C25H38O5. The zero-order chi connectivity index (χ0) is 22.3. The summed E-state index contributed by atoms with van der Waals surface area (Å²) < 4.78 is 4.87. The maximum atomic E-state index is 11.4. The van der Waals surface area contributed by atoms with Gasteiger partial charge in [-0.1, -0.05) is 79.8 Å². The Balaban J connectivity index is 3.74. The number of hydrogen-bond donors (Lipinski definition) is 3. The van der Waals surface area contributed by atoms with Crippen LogP contribution >= 0.6 is 0 Å². The maximum absolute atomic E-state index is 11.4. The van der Waals surface area contributed by atoms with Crippen LogP contribution in [-0.4, -0.2) is 46.7 Å². The fraction of sp³-hybridized carbons (Fsp3) is 0.480. The van der Waals surface area contributed by atoms with Gasteiger partial charge in [0.1, 0.15) is 6.10 Å². The summed E-state index contributed by atoms with van der Waals surface area (Å²) >= 11 is 0. The van der Waals surface area contributed by atoms with E-state index in [1.165, 1.54) is 0 Å². The number of carbonyl (C=O) groups excluding carboxylic acids is 1. The van der Waals surface area contributed by atoms with E-state index in [1.54, 1.807) is 6.08 Å². The predicted octanol–water partition coefficient (Wildman–Crippen LogP) is 4.33. The molecule has 3 N–H and O–H groups in total. The number of ether oxygens (including phenoxy) is 1. The van der Waals surface area contributed by atoms with Gasteiger partial charge in [-0.15, -0.1) is 0 Å². The molecule has 0 spiro atoms. The van der Waals surface area contributed by atoms with Gasteiger partial charge < -0.3 is 20.1 Å². The van der Waals surface area contributed by atoms with Crippen LogP contribution in [0.5, 0.6) is 0 Å². The highest BCUT2D eigenvalue weighted by Gasteiger charge is 2.10. The number of aliphatic hydroxyl groups is 3. The molecule has 0 heterocycles. The summed E-state index contributed by atoms with van der Waals surface area (Å²) in [5, 5.41) is 27.4. The number of esters is 1. The van der Waals surface area contributed by atoms with E-state index in [-0.39, 0.29) is 19.6 Å². The van der Waals surface area contributed by atoms with Crippen LogP contribution < -0.4 is 0 Å². The fourth-order valence-corrected chi connectivity index (χ4v) is 2.24. The number of carbonyl (C=O) groups is 1. The Kier molecular flexibility index (Phi) is 19.9. The highest BCUT2D eigenvalue weighted by Crippen LogP contribution is 2.01. The second-order valence-electron chi connectivity index (χ2n) is 6.63. The van der Waals surface area contributed by atoms with Crippen LogP contribution in [0.15, 0.2) is 72.9 Å². The smallest absolute Gasteiger partial charge is 0.306 e. The molecule has 0 fully saturated rings. The Morgan fingerprint density at radius 1 is 0.833 bits per heavy atom. The quantitative estimate of drug-likeness (QED) is 0.186. The van der Waals surface area contributed by atoms with Crippen molar-refractivity contribution in [3.05, 3.63) is 72.9 Å². The number of aliphatic hydroxyl groups excluding tert-OH is 3. The third-order valence-corrected chi connectivity index (χ3v) is 3.90. The van der Waals surface area contributed by atoms with Gasteiger partial charge in [0, 0.05) is 6.42 Å². The monoisotopic (exact) mass is 418 g/mol. The molecule has 1 unspecified atom stereocenters. The normalized spacial score (nSPS) is 14.0. The van der Waals surface area contributed by atoms with Crippen LogP contribution in [0.2, 0.25) is 0 Å². The van der Waals surface area contributed by atoms with Crippen molar-refractivity contribution in [2.45, 2.75) is 64.1 Å². The average Bonchev–Trinajstić information content (AvgIpc) is 2.74. The third kappa shape index (κ3) is 19.1. The Morgan fingerprint density at radius 3 is 2.03 bits per heavy atom. The first-order chi connectivity index (χ1) is 14.6. The van der Waals surface area contributed by atoms with Gasteiger partial charge in [-0.05, 0) is 38.5 Å². The summed E-state index contributed by atoms with van der Waals surface area (Å²) in [6.07, 6.45) is 27.7. The van der Waals surface area contributed by atoms with Crippen LogP contribution in [0.3, 0.4) is 0 Å². The van der Waals surface area contributed by atoms with Crippen molar-refractivity contribution in [2.75, 3.05) is 13.2 Å². The Hall–Kier alpha value is -2.21. The van der Waals surface area contributed by atoms with Crippen LogP contribution in [0.1, 0.15) is 51.9 Å². The maximum Gasteiger partial charge on any atom is 0.306 e.